The average Bonchev–Trinajstić information content (AvgIpc) is 3.08. The molecule has 0 unspecified atom stereocenters. The van der Waals surface area contributed by atoms with E-state index in [4.69, 9.17) is 26.6 Å². The second kappa shape index (κ2) is 10.9. The number of aliphatic hydroxyl groups is 1. The van der Waals surface area contributed by atoms with Crippen molar-refractivity contribution in [2.45, 2.75) is 12.1 Å². The first-order valence-electron chi connectivity index (χ1n) is 6.85. The minimum Gasteiger partial charge on any atom is -0.475 e. The maximum Gasteiger partial charge on any atom is 0.216 e. The number of aliphatic hydroxyl groups excluding tert-OH is 1. The fraction of sp³-hybridized carbons (Fsp3) is 0.462. The predicted molar refractivity (Wildman–Crippen MR) is 85.8 cm³/mol. The maximum absolute atomic E-state index is 8.25. The van der Waals surface area contributed by atoms with Gasteiger partial charge in [-0.05, 0) is 23.2 Å². The molecule has 0 saturated carbocycles. The molecule has 0 radical (unpaired) electrons. The molecule has 2 rings (SSSR count). The Morgan fingerprint density at radius 1 is 1.30 bits per heavy atom. The summed E-state index contributed by atoms with van der Waals surface area (Å²) in [6, 6.07) is 9.23. The largest absolute Gasteiger partial charge is 0.475 e. The lowest BCUT2D eigenvalue weighted by atomic mass is 10.2. The highest BCUT2D eigenvalue weighted by molar-refractivity contribution is 5.95. The standard InChI is InChI=1S/C10H10N4O.C3H8N4O/c11-14-12-6-9-7-15-10(13-9)8-4-2-1-3-5-8;4-3(2-8)1-6-7-5/h1-5,9H,6-7H2;3,8H,1-2,4H2/t9-;3-/m11/s1. The van der Waals surface area contributed by atoms with E-state index in [1.54, 1.807) is 0 Å². The van der Waals surface area contributed by atoms with Crippen molar-refractivity contribution in [3.05, 3.63) is 56.8 Å². The lowest BCUT2D eigenvalue weighted by Crippen LogP contribution is -2.27. The molecule has 0 fully saturated rings. The van der Waals surface area contributed by atoms with Gasteiger partial charge in [-0.3, -0.25) is 0 Å². The second-order valence-electron chi connectivity index (χ2n) is 4.53. The van der Waals surface area contributed by atoms with E-state index in [1.807, 2.05) is 30.3 Å². The fourth-order valence-electron chi connectivity index (χ4n) is 1.58. The van der Waals surface area contributed by atoms with Crippen LogP contribution in [0.1, 0.15) is 5.56 Å². The summed E-state index contributed by atoms with van der Waals surface area (Å²) in [5.74, 6) is 0.633. The van der Waals surface area contributed by atoms with E-state index in [0.29, 0.717) is 19.0 Å². The van der Waals surface area contributed by atoms with E-state index >= 15 is 0 Å². The third-order valence-corrected chi connectivity index (χ3v) is 2.70. The number of hydrogen-bond acceptors (Lipinski definition) is 6. The molecular weight excluding hydrogens is 300 g/mol. The third kappa shape index (κ3) is 7.16. The van der Waals surface area contributed by atoms with Gasteiger partial charge in [0.1, 0.15) is 6.61 Å². The van der Waals surface area contributed by atoms with Crippen LogP contribution < -0.4 is 5.73 Å². The van der Waals surface area contributed by atoms with E-state index in [-0.39, 0.29) is 19.2 Å². The first kappa shape index (κ1) is 18.3. The molecular formula is C13H18N8O2. The van der Waals surface area contributed by atoms with E-state index in [0.717, 1.165) is 5.56 Å². The molecule has 0 amide bonds. The van der Waals surface area contributed by atoms with Crippen molar-refractivity contribution < 1.29 is 9.84 Å². The Morgan fingerprint density at radius 3 is 2.61 bits per heavy atom. The third-order valence-electron chi connectivity index (χ3n) is 2.70. The lowest BCUT2D eigenvalue weighted by molar-refractivity contribution is 0.268. The number of benzene rings is 1. The van der Waals surface area contributed by atoms with Gasteiger partial charge >= 0.3 is 0 Å². The number of rotatable bonds is 6. The van der Waals surface area contributed by atoms with E-state index in [2.05, 4.69) is 25.0 Å². The van der Waals surface area contributed by atoms with Gasteiger partial charge in [0.2, 0.25) is 5.90 Å². The monoisotopic (exact) mass is 318 g/mol. The highest BCUT2D eigenvalue weighted by atomic mass is 16.5. The van der Waals surface area contributed by atoms with Crippen LogP contribution in [-0.4, -0.2) is 49.4 Å². The summed E-state index contributed by atoms with van der Waals surface area (Å²) in [6.07, 6.45) is 0. The van der Waals surface area contributed by atoms with Gasteiger partial charge < -0.3 is 15.6 Å². The van der Waals surface area contributed by atoms with E-state index in [1.165, 1.54) is 0 Å². The molecule has 1 aromatic carbocycles. The molecule has 23 heavy (non-hydrogen) atoms. The SMILES string of the molecule is [N-]=[N+]=NC[C@@H](N)CO.[N-]=[N+]=NC[C@@H]1COC(c2ccccc2)=N1. The van der Waals surface area contributed by atoms with Gasteiger partial charge in [0, 0.05) is 28.0 Å². The molecule has 10 heteroatoms. The van der Waals surface area contributed by atoms with Crippen molar-refractivity contribution in [1.82, 2.24) is 0 Å². The minimum atomic E-state index is -0.411. The summed E-state index contributed by atoms with van der Waals surface area (Å²) in [5, 5.41) is 14.9. The van der Waals surface area contributed by atoms with Crippen molar-refractivity contribution in [3.8, 4) is 0 Å². The Bertz CT molecular complexity index is 593. The summed E-state index contributed by atoms with van der Waals surface area (Å²) < 4.78 is 5.42. The summed E-state index contributed by atoms with van der Waals surface area (Å²) in [7, 11) is 0. The normalized spacial score (nSPS) is 16.6. The van der Waals surface area contributed by atoms with E-state index < -0.39 is 6.04 Å². The number of azide groups is 2. The molecule has 1 heterocycles. The highest BCUT2D eigenvalue weighted by Crippen LogP contribution is 2.11. The molecule has 3 N–H and O–H groups in total. The second-order valence-corrected chi connectivity index (χ2v) is 4.53. The van der Waals surface area contributed by atoms with Gasteiger partial charge in [-0.25, -0.2) is 4.99 Å². The fourth-order valence-corrected chi connectivity index (χ4v) is 1.58. The summed E-state index contributed by atoms with van der Waals surface area (Å²) in [5.41, 5.74) is 22.0. The zero-order valence-electron chi connectivity index (χ0n) is 12.4. The van der Waals surface area contributed by atoms with Crippen LogP contribution in [0.3, 0.4) is 0 Å². The summed E-state index contributed by atoms with van der Waals surface area (Å²) in [4.78, 5) is 9.48. The van der Waals surface area contributed by atoms with Crippen molar-refractivity contribution >= 4 is 5.90 Å². The lowest BCUT2D eigenvalue weighted by Gasteiger charge is -1.99. The molecule has 2 atom stereocenters. The van der Waals surface area contributed by atoms with Gasteiger partial charge in [0.25, 0.3) is 0 Å². The minimum absolute atomic E-state index is 0.0453. The number of aliphatic imine (C=N–C) groups is 1. The highest BCUT2D eigenvalue weighted by Gasteiger charge is 2.18. The molecule has 0 bridgehead atoms. The number of ether oxygens (including phenoxy) is 1. The van der Waals surface area contributed by atoms with Crippen molar-refractivity contribution in [2.75, 3.05) is 26.3 Å². The van der Waals surface area contributed by atoms with Crippen molar-refractivity contribution in [3.63, 3.8) is 0 Å². The Hall–Kier alpha value is -2.77. The molecule has 122 valence electrons. The first-order chi connectivity index (χ1) is 11.2. The molecule has 1 aliphatic heterocycles. The summed E-state index contributed by atoms with van der Waals surface area (Å²) in [6.45, 7) is 0.863. The van der Waals surface area contributed by atoms with Crippen LogP contribution in [-0.2, 0) is 4.74 Å². The zero-order valence-corrected chi connectivity index (χ0v) is 12.4. The van der Waals surface area contributed by atoms with Crippen LogP contribution in [0.25, 0.3) is 20.9 Å². The van der Waals surface area contributed by atoms with Crippen LogP contribution in [0.2, 0.25) is 0 Å². The zero-order chi connectivity index (χ0) is 16.9. The van der Waals surface area contributed by atoms with Crippen LogP contribution in [0.5, 0.6) is 0 Å². The van der Waals surface area contributed by atoms with Crippen LogP contribution in [0, 0.1) is 0 Å². The van der Waals surface area contributed by atoms with Gasteiger partial charge in [-0.15, -0.1) is 0 Å². The number of hydrogen-bond donors (Lipinski definition) is 2. The van der Waals surface area contributed by atoms with Crippen LogP contribution in [0.4, 0.5) is 0 Å². The molecule has 0 saturated heterocycles. The van der Waals surface area contributed by atoms with Crippen molar-refractivity contribution in [2.24, 2.45) is 21.0 Å². The van der Waals surface area contributed by atoms with Gasteiger partial charge in [0.15, 0.2) is 0 Å². The van der Waals surface area contributed by atoms with Gasteiger partial charge in [0.05, 0.1) is 19.2 Å². The Balaban J connectivity index is 0.000000284. The van der Waals surface area contributed by atoms with Crippen LogP contribution >= 0.6 is 0 Å². The van der Waals surface area contributed by atoms with Crippen molar-refractivity contribution in [1.29, 1.82) is 0 Å². The molecule has 0 spiro atoms. The number of nitrogens with zero attached hydrogens (tertiary/aromatic N) is 7. The summed E-state index contributed by atoms with van der Waals surface area (Å²) >= 11 is 0. The Morgan fingerprint density at radius 2 is 2.00 bits per heavy atom. The predicted octanol–water partition coefficient (Wildman–Crippen LogP) is 1.76. The van der Waals surface area contributed by atoms with E-state index in [9.17, 15) is 0 Å². The van der Waals surface area contributed by atoms with Gasteiger partial charge in [-0.1, -0.05) is 28.4 Å². The Kier molecular flexibility index (Phi) is 8.65. The molecule has 1 aliphatic rings. The average molecular weight is 318 g/mol. The Labute approximate surface area is 132 Å². The molecule has 0 aliphatic carbocycles. The first-order valence-corrected chi connectivity index (χ1v) is 6.85. The quantitative estimate of drug-likeness (QED) is 0.464. The molecule has 1 aromatic rings. The maximum atomic E-state index is 8.25. The smallest absolute Gasteiger partial charge is 0.216 e. The molecule has 0 aromatic heterocycles. The van der Waals surface area contributed by atoms with Gasteiger partial charge in [-0.2, -0.15) is 0 Å². The number of nitrogens with two attached hydrogens (primary N) is 1. The topological polar surface area (TPSA) is 165 Å². The van der Waals surface area contributed by atoms with Crippen LogP contribution in [0.15, 0.2) is 45.6 Å². The molecule has 10 nitrogen and oxygen atoms in total.